The zero-order valence-corrected chi connectivity index (χ0v) is 16.6. The largest absolute Gasteiger partial charge is 0.351 e. The van der Waals surface area contributed by atoms with Crippen molar-refractivity contribution in [2.45, 2.75) is 64.0 Å². The van der Waals surface area contributed by atoms with E-state index in [0.717, 1.165) is 23.1 Å². The Morgan fingerprint density at radius 2 is 2.04 bits per heavy atom. The van der Waals surface area contributed by atoms with Gasteiger partial charge in [0.1, 0.15) is 0 Å². The quantitative estimate of drug-likeness (QED) is 0.771. The first kappa shape index (κ1) is 19.3. The van der Waals surface area contributed by atoms with E-state index in [-0.39, 0.29) is 28.7 Å². The molecule has 0 bridgehead atoms. The van der Waals surface area contributed by atoms with Crippen molar-refractivity contribution in [2.75, 3.05) is 11.5 Å². The van der Waals surface area contributed by atoms with Crippen LogP contribution < -0.4 is 5.32 Å². The molecule has 0 radical (unpaired) electrons. The highest BCUT2D eigenvalue weighted by molar-refractivity contribution is 8.00. The van der Waals surface area contributed by atoms with Crippen LogP contribution in [0, 0.1) is 19.8 Å². The third kappa shape index (κ3) is 4.75. The number of hydrogen-bond donors (Lipinski definition) is 1. The summed E-state index contributed by atoms with van der Waals surface area (Å²) in [5.41, 5.74) is 2.10. The minimum Gasteiger partial charge on any atom is -0.351 e. The summed E-state index contributed by atoms with van der Waals surface area (Å²) in [5.74, 6) is 0.577. The van der Waals surface area contributed by atoms with E-state index in [1.54, 1.807) is 0 Å². The van der Waals surface area contributed by atoms with Gasteiger partial charge in [0.2, 0.25) is 5.91 Å². The molecule has 24 heavy (non-hydrogen) atoms. The van der Waals surface area contributed by atoms with Gasteiger partial charge in [0.25, 0.3) is 0 Å². The Kier molecular flexibility index (Phi) is 6.01. The summed E-state index contributed by atoms with van der Waals surface area (Å²) in [6, 6.07) is -0.260. The zero-order chi connectivity index (χ0) is 18.1. The number of aromatic nitrogens is 2. The van der Waals surface area contributed by atoms with Crippen molar-refractivity contribution < 1.29 is 13.2 Å². The van der Waals surface area contributed by atoms with Crippen LogP contribution in [-0.4, -0.2) is 46.7 Å². The number of amides is 1. The maximum absolute atomic E-state index is 12.4. The van der Waals surface area contributed by atoms with Gasteiger partial charge >= 0.3 is 0 Å². The Balaban J connectivity index is 2.02. The Morgan fingerprint density at radius 3 is 2.58 bits per heavy atom. The topological polar surface area (TPSA) is 81.1 Å². The predicted molar refractivity (Wildman–Crippen MR) is 97.1 cm³/mol. The lowest BCUT2D eigenvalue weighted by Crippen LogP contribution is -2.40. The summed E-state index contributed by atoms with van der Waals surface area (Å²) in [7, 11) is -2.99. The van der Waals surface area contributed by atoms with Crippen molar-refractivity contribution in [2.24, 2.45) is 5.92 Å². The first-order valence-corrected chi connectivity index (χ1v) is 11.0. The molecule has 2 atom stereocenters. The van der Waals surface area contributed by atoms with E-state index in [1.165, 1.54) is 11.8 Å². The normalized spacial score (nSPS) is 21.2. The van der Waals surface area contributed by atoms with Crippen LogP contribution in [0.5, 0.6) is 0 Å². The predicted octanol–water partition coefficient (Wildman–Crippen LogP) is 1.94. The van der Waals surface area contributed by atoms with Gasteiger partial charge in [-0.3, -0.25) is 4.79 Å². The minimum absolute atomic E-state index is 0.0519. The molecular weight excluding hydrogens is 346 g/mol. The fourth-order valence-corrected chi connectivity index (χ4v) is 5.43. The molecule has 6 nitrogen and oxygen atoms in total. The van der Waals surface area contributed by atoms with E-state index in [0.29, 0.717) is 12.3 Å². The third-order valence-electron chi connectivity index (χ3n) is 4.20. The first-order valence-electron chi connectivity index (χ1n) is 8.30. The Labute approximate surface area is 148 Å². The molecule has 1 fully saturated rings. The molecule has 1 aliphatic heterocycles. The summed E-state index contributed by atoms with van der Waals surface area (Å²) in [6.07, 6.45) is 0.506. The lowest BCUT2D eigenvalue weighted by atomic mass is 10.2. The Bertz CT molecular complexity index is 710. The highest BCUT2D eigenvalue weighted by atomic mass is 32.2. The second kappa shape index (κ2) is 7.47. The maximum Gasteiger partial charge on any atom is 0.233 e. The van der Waals surface area contributed by atoms with Gasteiger partial charge in [-0.25, -0.2) is 13.4 Å². The minimum atomic E-state index is -2.99. The number of thioether (sulfide) groups is 1. The SMILES string of the molecule is Cc1nc(SC(C)C(=O)NC2CCS(=O)(=O)C2)n(CC(C)C)c1C. The monoisotopic (exact) mass is 373 g/mol. The lowest BCUT2D eigenvalue weighted by molar-refractivity contribution is -0.120. The molecule has 136 valence electrons. The average molecular weight is 374 g/mol. The van der Waals surface area contributed by atoms with Crippen LogP contribution in [0.1, 0.15) is 38.6 Å². The molecule has 0 spiro atoms. The standard InChI is InChI=1S/C16H27N3O3S2/c1-10(2)8-19-12(4)11(3)17-16(19)23-13(5)15(20)18-14-6-7-24(21,22)9-14/h10,13-14H,6-9H2,1-5H3,(H,18,20). The Hall–Kier alpha value is -1.02. The molecule has 1 N–H and O–H groups in total. The van der Waals surface area contributed by atoms with Gasteiger partial charge in [-0.05, 0) is 33.1 Å². The first-order chi connectivity index (χ1) is 11.1. The van der Waals surface area contributed by atoms with Gasteiger partial charge in [-0.15, -0.1) is 0 Å². The van der Waals surface area contributed by atoms with Crippen LogP contribution in [-0.2, 0) is 21.2 Å². The molecule has 1 aromatic rings. The Morgan fingerprint density at radius 1 is 1.38 bits per heavy atom. The van der Waals surface area contributed by atoms with Gasteiger partial charge in [0.05, 0.1) is 22.4 Å². The van der Waals surface area contributed by atoms with E-state index in [2.05, 4.69) is 28.7 Å². The van der Waals surface area contributed by atoms with Crippen LogP contribution in [0.3, 0.4) is 0 Å². The molecule has 1 amide bonds. The zero-order valence-electron chi connectivity index (χ0n) is 15.0. The fraction of sp³-hybridized carbons (Fsp3) is 0.750. The number of imidazole rings is 1. The molecule has 2 rings (SSSR count). The average Bonchev–Trinajstić information content (AvgIpc) is 2.92. The highest BCUT2D eigenvalue weighted by Crippen LogP contribution is 2.26. The van der Waals surface area contributed by atoms with E-state index >= 15 is 0 Å². The molecule has 2 unspecified atom stereocenters. The van der Waals surface area contributed by atoms with Gasteiger partial charge in [0.15, 0.2) is 15.0 Å². The lowest BCUT2D eigenvalue weighted by Gasteiger charge is -2.17. The molecule has 2 heterocycles. The van der Waals surface area contributed by atoms with Crippen molar-refractivity contribution >= 4 is 27.5 Å². The van der Waals surface area contributed by atoms with Crippen molar-refractivity contribution in [3.05, 3.63) is 11.4 Å². The third-order valence-corrected chi connectivity index (χ3v) is 7.06. The van der Waals surface area contributed by atoms with E-state index < -0.39 is 9.84 Å². The van der Waals surface area contributed by atoms with Crippen molar-refractivity contribution in [1.82, 2.24) is 14.9 Å². The number of aryl methyl sites for hydroxylation is 1. The number of rotatable bonds is 6. The molecule has 8 heteroatoms. The molecule has 1 aromatic heterocycles. The van der Waals surface area contributed by atoms with Crippen LogP contribution in [0.15, 0.2) is 5.16 Å². The summed E-state index contributed by atoms with van der Waals surface area (Å²) in [4.78, 5) is 17.0. The van der Waals surface area contributed by atoms with Crippen LogP contribution >= 0.6 is 11.8 Å². The molecule has 1 aliphatic rings. The molecular formula is C16H27N3O3S2. The van der Waals surface area contributed by atoms with Gasteiger partial charge in [-0.1, -0.05) is 25.6 Å². The van der Waals surface area contributed by atoms with Gasteiger partial charge in [0, 0.05) is 18.3 Å². The number of sulfone groups is 1. The van der Waals surface area contributed by atoms with Gasteiger partial charge in [-0.2, -0.15) is 0 Å². The summed E-state index contributed by atoms with van der Waals surface area (Å²) < 4.78 is 25.2. The summed E-state index contributed by atoms with van der Waals surface area (Å²) in [6.45, 7) is 11.0. The van der Waals surface area contributed by atoms with Crippen LogP contribution in [0.25, 0.3) is 0 Å². The summed E-state index contributed by atoms with van der Waals surface area (Å²) in [5, 5.41) is 3.39. The number of carbonyl (C=O) groups excluding carboxylic acids is 1. The van der Waals surface area contributed by atoms with Crippen molar-refractivity contribution in [3.63, 3.8) is 0 Å². The highest BCUT2D eigenvalue weighted by Gasteiger charge is 2.30. The van der Waals surface area contributed by atoms with E-state index in [4.69, 9.17) is 0 Å². The fourth-order valence-electron chi connectivity index (χ4n) is 2.73. The second-order valence-electron chi connectivity index (χ2n) is 6.94. The molecule has 0 aliphatic carbocycles. The molecule has 0 aromatic carbocycles. The van der Waals surface area contributed by atoms with Crippen molar-refractivity contribution in [3.8, 4) is 0 Å². The summed E-state index contributed by atoms with van der Waals surface area (Å²) >= 11 is 1.43. The van der Waals surface area contributed by atoms with Gasteiger partial charge < -0.3 is 9.88 Å². The molecule has 1 saturated heterocycles. The smallest absolute Gasteiger partial charge is 0.233 e. The number of hydrogen-bond acceptors (Lipinski definition) is 5. The maximum atomic E-state index is 12.4. The number of carbonyl (C=O) groups is 1. The molecule has 0 saturated carbocycles. The van der Waals surface area contributed by atoms with Crippen LogP contribution in [0.4, 0.5) is 0 Å². The van der Waals surface area contributed by atoms with E-state index in [1.807, 2.05) is 20.8 Å². The number of nitrogens with one attached hydrogen (secondary N) is 1. The number of nitrogens with zero attached hydrogens (tertiary/aromatic N) is 2. The van der Waals surface area contributed by atoms with Crippen LogP contribution in [0.2, 0.25) is 0 Å². The second-order valence-corrected chi connectivity index (χ2v) is 10.5. The van der Waals surface area contributed by atoms with E-state index in [9.17, 15) is 13.2 Å². The van der Waals surface area contributed by atoms with Crippen molar-refractivity contribution in [1.29, 1.82) is 0 Å².